The van der Waals surface area contributed by atoms with Gasteiger partial charge in [-0.05, 0) is 26.0 Å². The fourth-order valence-electron chi connectivity index (χ4n) is 1.19. The van der Waals surface area contributed by atoms with Crippen LogP contribution in [0.2, 0.25) is 0 Å². The SMILES string of the molecule is CC(C)Oc1cc(C(F)(F)F)ccc1[N+](=O)[O-]. The third kappa shape index (κ3) is 3.33. The van der Waals surface area contributed by atoms with E-state index >= 15 is 0 Å². The summed E-state index contributed by atoms with van der Waals surface area (Å²) in [4.78, 5) is 9.83. The minimum atomic E-state index is -4.55. The second-order valence-electron chi connectivity index (χ2n) is 3.60. The minimum absolute atomic E-state index is 0.375. The van der Waals surface area contributed by atoms with Crippen molar-refractivity contribution in [3.8, 4) is 5.75 Å². The highest BCUT2D eigenvalue weighted by atomic mass is 19.4. The molecule has 4 nitrogen and oxygen atoms in total. The Hall–Kier alpha value is -1.79. The number of nitro groups is 1. The summed E-state index contributed by atoms with van der Waals surface area (Å²) in [6.07, 6.45) is -5.00. The minimum Gasteiger partial charge on any atom is -0.484 e. The predicted octanol–water partition coefficient (Wildman–Crippen LogP) is 3.40. The molecule has 1 rings (SSSR count). The van der Waals surface area contributed by atoms with Gasteiger partial charge in [0.1, 0.15) is 0 Å². The molecule has 1 aromatic carbocycles. The van der Waals surface area contributed by atoms with Gasteiger partial charge in [0.25, 0.3) is 0 Å². The number of nitrogens with zero attached hydrogens (tertiary/aromatic N) is 1. The zero-order chi connectivity index (χ0) is 13.2. The highest BCUT2D eigenvalue weighted by Gasteiger charge is 2.32. The zero-order valence-electron chi connectivity index (χ0n) is 9.12. The Bertz CT molecular complexity index is 429. The van der Waals surface area contributed by atoms with Crippen molar-refractivity contribution in [2.75, 3.05) is 0 Å². The monoisotopic (exact) mass is 249 g/mol. The quantitative estimate of drug-likeness (QED) is 0.609. The van der Waals surface area contributed by atoms with Crippen molar-refractivity contribution in [2.45, 2.75) is 26.1 Å². The van der Waals surface area contributed by atoms with Crippen LogP contribution in [0, 0.1) is 10.1 Å². The molecule has 17 heavy (non-hydrogen) atoms. The van der Waals surface area contributed by atoms with Crippen LogP contribution in [0.3, 0.4) is 0 Å². The van der Waals surface area contributed by atoms with E-state index in [1.807, 2.05) is 0 Å². The molecule has 7 heteroatoms. The van der Waals surface area contributed by atoms with Gasteiger partial charge in [-0.25, -0.2) is 0 Å². The molecule has 0 atom stereocenters. The van der Waals surface area contributed by atoms with Crippen LogP contribution in [-0.2, 0) is 6.18 Å². The lowest BCUT2D eigenvalue weighted by molar-refractivity contribution is -0.386. The lowest BCUT2D eigenvalue weighted by Crippen LogP contribution is -2.10. The average Bonchev–Trinajstić information content (AvgIpc) is 2.14. The maximum Gasteiger partial charge on any atom is 0.416 e. The molecule has 0 amide bonds. The van der Waals surface area contributed by atoms with Crippen molar-refractivity contribution in [3.05, 3.63) is 33.9 Å². The lowest BCUT2D eigenvalue weighted by atomic mass is 10.2. The highest BCUT2D eigenvalue weighted by molar-refractivity contribution is 5.49. The second kappa shape index (κ2) is 4.60. The van der Waals surface area contributed by atoms with Crippen molar-refractivity contribution in [2.24, 2.45) is 0 Å². The molecule has 0 aliphatic carbocycles. The molecule has 0 heterocycles. The van der Waals surface area contributed by atoms with Gasteiger partial charge in [-0.15, -0.1) is 0 Å². The summed E-state index contributed by atoms with van der Waals surface area (Å²) < 4.78 is 42.2. The van der Waals surface area contributed by atoms with E-state index in [9.17, 15) is 23.3 Å². The van der Waals surface area contributed by atoms with E-state index in [0.717, 1.165) is 6.07 Å². The van der Waals surface area contributed by atoms with Crippen LogP contribution in [0.5, 0.6) is 5.75 Å². The van der Waals surface area contributed by atoms with Gasteiger partial charge in [-0.1, -0.05) is 0 Å². The summed E-state index contributed by atoms with van der Waals surface area (Å²) >= 11 is 0. The summed E-state index contributed by atoms with van der Waals surface area (Å²) in [6, 6.07) is 2.09. The maximum atomic E-state index is 12.4. The van der Waals surface area contributed by atoms with Gasteiger partial charge in [-0.2, -0.15) is 13.2 Å². The molecule has 0 unspecified atom stereocenters. The molecule has 0 fully saturated rings. The summed E-state index contributed by atoms with van der Waals surface area (Å²) in [5.74, 6) is -0.375. The van der Waals surface area contributed by atoms with E-state index in [-0.39, 0.29) is 5.75 Å². The van der Waals surface area contributed by atoms with Gasteiger partial charge < -0.3 is 4.74 Å². The van der Waals surface area contributed by atoms with Gasteiger partial charge in [0.2, 0.25) is 0 Å². The Labute approximate surface area is 95.2 Å². The third-order valence-electron chi connectivity index (χ3n) is 1.85. The highest BCUT2D eigenvalue weighted by Crippen LogP contribution is 2.36. The van der Waals surface area contributed by atoms with E-state index in [1.54, 1.807) is 13.8 Å². The van der Waals surface area contributed by atoms with Gasteiger partial charge >= 0.3 is 11.9 Å². The van der Waals surface area contributed by atoms with E-state index in [2.05, 4.69) is 0 Å². The Morgan fingerprint density at radius 2 is 1.94 bits per heavy atom. The Morgan fingerprint density at radius 3 is 2.35 bits per heavy atom. The molecule has 94 valence electrons. The number of hydrogen-bond acceptors (Lipinski definition) is 3. The van der Waals surface area contributed by atoms with Crippen LogP contribution in [0.15, 0.2) is 18.2 Å². The molecule has 0 saturated carbocycles. The predicted molar refractivity (Wildman–Crippen MR) is 53.9 cm³/mol. The number of rotatable bonds is 3. The van der Waals surface area contributed by atoms with Crippen molar-refractivity contribution in [1.82, 2.24) is 0 Å². The fourth-order valence-corrected chi connectivity index (χ4v) is 1.19. The fraction of sp³-hybridized carbons (Fsp3) is 0.400. The van der Waals surface area contributed by atoms with E-state index < -0.39 is 28.5 Å². The zero-order valence-corrected chi connectivity index (χ0v) is 9.12. The largest absolute Gasteiger partial charge is 0.484 e. The molecular weight excluding hydrogens is 239 g/mol. The average molecular weight is 249 g/mol. The molecule has 1 aromatic rings. The van der Waals surface area contributed by atoms with Crippen LogP contribution in [0.4, 0.5) is 18.9 Å². The normalized spacial score (nSPS) is 11.6. The number of nitro benzene ring substituents is 1. The molecule has 0 spiro atoms. The standard InChI is InChI=1S/C10H10F3NO3/c1-6(2)17-9-5-7(10(11,12)13)3-4-8(9)14(15)16/h3-6H,1-2H3. The van der Waals surface area contributed by atoms with E-state index in [1.165, 1.54) is 0 Å². The van der Waals surface area contributed by atoms with Crippen LogP contribution < -0.4 is 4.74 Å². The molecule has 0 aliphatic rings. The van der Waals surface area contributed by atoms with Crippen molar-refractivity contribution in [1.29, 1.82) is 0 Å². The molecule has 0 N–H and O–H groups in total. The summed E-state index contributed by atoms with van der Waals surface area (Å²) in [5.41, 5.74) is -1.45. The lowest BCUT2D eigenvalue weighted by Gasteiger charge is -2.12. The van der Waals surface area contributed by atoms with Gasteiger partial charge in [0, 0.05) is 6.07 Å². The Balaban J connectivity index is 3.24. The molecule has 0 saturated heterocycles. The first-order valence-electron chi connectivity index (χ1n) is 4.74. The van der Waals surface area contributed by atoms with Gasteiger partial charge in [0.15, 0.2) is 5.75 Å². The first kappa shape index (κ1) is 13.3. The summed E-state index contributed by atoms with van der Waals surface area (Å²) in [6.45, 7) is 3.15. The number of ether oxygens (including phenoxy) is 1. The summed E-state index contributed by atoms with van der Waals surface area (Å²) in [5, 5.41) is 10.6. The molecule has 0 bridgehead atoms. The molecule has 0 radical (unpaired) electrons. The van der Waals surface area contributed by atoms with E-state index in [4.69, 9.17) is 4.74 Å². The molecular formula is C10H10F3NO3. The van der Waals surface area contributed by atoms with Crippen molar-refractivity contribution in [3.63, 3.8) is 0 Å². The summed E-state index contributed by atoms with van der Waals surface area (Å²) in [7, 11) is 0. The maximum absolute atomic E-state index is 12.4. The smallest absolute Gasteiger partial charge is 0.416 e. The van der Waals surface area contributed by atoms with E-state index in [0.29, 0.717) is 12.1 Å². The topological polar surface area (TPSA) is 52.4 Å². The first-order chi connectivity index (χ1) is 7.71. The van der Waals surface area contributed by atoms with Crippen LogP contribution in [0.25, 0.3) is 0 Å². The molecule has 0 aromatic heterocycles. The second-order valence-corrected chi connectivity index (χ2v) is 3.60. The van der Waals surface area contributed by atoms with Crippen LogP contribution >= 0.6 is 0 Å². The number of benzene rings is 1. The Kier molecular flexibility index (Phi) is 3.59. The van der Waals surface area contributed by atoms with Crippen molar-refractivity contribution >= 4 is 5.69 Å². The third-order valence-corrected chi connectivity index (χ3v) is 1.85. The van der Waals surface area contributed by atoms with Gasteiger partial charge in [-0.3, -0.25) is 10.1 Å². The molecule has 0 aliphatic heterocycles. The van der Waals surface area contributed by atoms with Gasteiger partial charge in [0.05, 0.1) is 16.6 Å². The number of alkyl halides is 3. The number of halogens is 3. The Morgan fingerprint density at radius 1 is 1.35 bits per heavy atom. The first-order valence-corrected chi connectivity index (χ1v) is 4.74. The van der Waals surface area contributed by atoms with Crippen LogP contribution in [0.1, 0.15) is 19.4 Å². The van der Waals surface area contributed by atoms with Crippen LogP contribution in [-0.4, -0.2) is 11.0 Å². The van der Waals surface area contributed by atoms with Crippen molar-refractivity contribution < 1.29 is 22.8 Å². The number of hydrogen-bond donors (Lipinski definition) is 0.